The van der Waals surface area contributed by atoms with Crippen LogP contribution in [0.2, 0.25) is 0 Å². The number of aromatic nitrogens is 3. The molecule has 2 aliphatic heterocycles. The third kappa shape index (κ3) is 2.69. The lowest BCUT2D eigenvalue weighted by atomic mass is 9.72. The first kappa shape index (κ1) is 15.3. The molecule has 1 N–H and O–H groups in total. The monoisotopic (exact) mass is 307 g/mol. The molecule has 0 saturated carbocycles. The lowest BCUT2D eigenvalue weighted by Gasteiger charge is -2.37. The molecule has 1 unspecified atom stereocenters. The normalized spacial score (nSPS) is 23.9. The molecule has 0 aliphatic carbocycles. The highest BCUT2D eigenvalue weighted by Crippen LogP contribution is 2.48. The van der Waals surface area contributed by atoms with Crippen molar-refractivity contribution in [3.05, 3.63) is 12.2 Å². The van der Waals surface area contributed by atoms with Crippen LogP contribution in [0, 0.1) is 5.41 Å². The molecule has 1 aromatic rings. The highest BCUT2D eigenvalue weighted by Gasteiger charge is 2.50. The third-order valence-electron chi connectivity index (χ3n) is 5.01. The number of nitrogens with zero attached hydrogens (tertiary/aromatic N) is 4. The summed E-state index contributed by atoms with van der Waals surface area (Å²) in [6, 6.07) is 0.0392. The second-order valence-corrected chi connectivity index (χ2v) is 6.44. The summed E-state index contributed by atoms with van der Waals surface area (Å²) >= 11 is 0. The van der Waals surface area contributed by atoms with Crippen molar-refractivity contribution in [2.75, 3.05) is 32.8 Å². The van der Waals surface area contributed by atoms with Gasteiger partial charge in [-0.15, -0.1) is 10.2 Å². The Labute approximate surface area is 131 Å². The number of amides is 2. The Kier molecular flexibility index (Phi) is 4.33. The van der Waals surface area contributed by atoms with Gasteiger partial charge in [-0.3, -0.25) is 0 Å². The lowest BCUT2D eigenvalue weighted by molar-refractivity contribution is 0.0120. The van der Waals surface area contributed by atoms with Gasteiger partial charge in [0.15, 0.2) is 0 Å². The Morgan fingerprint density at radius 1 is 1.50 bits per heavy atom. The second kappa shape index (κ2) is 6.24. The fourth-order valence-corrected chi connectivity index (χ4v) is 3.71. The van der Waals surface area contributed by atoms with Gasteiger partial charge in [-0.2, -0.15) is 0 Å². The highest BCUT2D eigenvalue weighted by molar-refractivity contribution is 5.74. The van der Waals surface area contributed by atoms with E-state index in [0.717, 1.165) is 51.4 Å². The highest BCUT2D eigenvalue weighted by atomic mass is 16.5. The van der Waals surface area contributed by atoms with Gasteiger partial charge in [0.1, 0.15) is 12.2 Å². The molecule has 7 heteroatoms. The number of nitrogens with one attached hydrogen (secondary N) is 1. The Morgan fingerprint density at radius 3 is 2.91 bits per heavy atom. The van der Waals surface area contributed by atoms with Crippen LogP contribution < -0.4 is 5.32 Å². The molecule has 2 fully saturated rings. The van der Waals surface area contributed by atoms with Crippen molar-refractivity contribution < 1.29 is 9.53 Å². The topological polar surface area (TPSA) is 72.3 Å². The van der Waals surface area contributed by atoms with Gasteiger partial charge in [0, 0.05) is 51.2 Å². The van der Waals surface area contributed by atoms with Crippen LogP contribution in [-0.4, -0.2) is 58.5 Å². The molecule has 7 nitrogen and oxygen atoms in total. The fraction of sp³-hybridized carbons (Fsp3) is 0.800. The maximum Gasteiger partial charge on any atom is 0.317 e. The maximum absolute atomic E-state index is 12.4. The van der Waals surface area contributed by atoms with Crippen molar-refractivity contribution in [1.29, 1.82) is 0 Å². The first-order valence-corrected chi connectivity index (χ1v) is 8.11. The molecule has 2 saturated heterocycles. The average Bonchev–Trinajstić information content (AvgIpc) is 3.09. The lowest BCUT2D eigenvalue weighted by Crippen LogP contribution is -2.41. The minimum absolute atomic E-state index is 0.0392. The van der Waals surface area contributed by atoms with Crippen LogP contribution in [0.4, 0.5) is 4.79 Å². The quantitative estimate of drug-likeness (QED) is 0.908. The van der Waals surface area contributed by atoms with Crippen molar-refractivity contribution in [3.63, 3.8) is 0 Å². The van der Waals surface area contributed by atoms with E-state index in [1.165, 1.54) is 0 Å². The van der Waals surface area contributed by atoms with Crippen LogP contribution in [0.1, 0.15) is 37.9 Å². The number of hydrogen-bond donors (Lipinski definition) is 1. The van der Waals surface area contributed by atoms with Gasteiger partial charge in [0.25, 0.3) is 0 Å². The molecule has 22 heavy (non-hydrogen) atoms. The summed E-state index contributed by atoms with van der Waals surface area (Å²) in [5.41, 5.74) is 0.0720. The van der Waals surface area contributed by atoms with E-state index in [2.05, 4.69) is 22.4 Å². The largest absolute Gasteiger partial charge is 0.381 e. The van der Waals surface area contributed by atoms with E-state index < -0.39 is 0 Å². The third-order valence-corrected chi connectivity index (χ3v) is 5.01. The standard InChI is InChI=1S/C15H25N5O2/c1-3-6-16-14(21)20-9-12(13-18-17-11-19(13)2)15(10-20)4-7-22-8-5-15/h11-12H,3-10H2,1-2H3,(H,16,21). The molecule has 2 aliphatic rings. The predicted molar refractivity (Wildman–Crippen MR) is 81.5 cm³/mol. The van der Waals surface area contributed by atoms with Crippen molar-refractivity contribution in [2.45, 2.75) is 32.1 Å². The summed E-state index contributed by atoms with van der Waals surface area (Å²) in [5, 5.41) is 11.3. The van der Waals surface area contributed by atoms with Crippen molar-refractivity contribution in [2.24, 2.45) is 12.5 Å². The van der Waals surface area contributed by atoms with E-state index in [1.807, 2.05) is 16.5 Å². The summed E-state index contributed by atoms with van der Waals surface area (Å²) < 4.78 is 7.53. The van der Waals surface area contributed by atoms with Crippen molar-refractivity contribution >= 4 is 6.03 Å². The molecular formula is C15H25N5O2. The van der Waals surface area contributed by atoms with E-state index in [-0.39, 0.29) is 17.4 Å². The molecule has 0 aromatic carbocycles. The Bertz CT molecular complexity index is 524. The van der Waals surface area contributed by atoms with Crippen LogP contribution in [0.15, 0.2) is 6.33 Å². The molecular weight excluding hydrogens is 282 g/mol. The summed E-state index contributed by atoms with van der Waals surface area (Å²) in [4.78, 5) is 14.3. The van der Waals surface area contributed by atoms with Gasteiger partial charge < -0.3 is 19.5 Å². The zero-order valence-electron chi connectivity index (χ0n) is 13.4. The Balaban J connectivity index is 1.82. The predicted octanol–water partition coefficient (Wildman–Crippen LogP) is 1.13. The summed E-state index contributed by atoms with van der Waals surface area (Å²) in [7, 11) is 1.97. The zero-order valence-corrected chi connectivity index (χ0v) is 13.4. The van der Waals surface area contributed by atoms with Gasteiger partial charge in [-0.05, 0) is 19.3 Å². The molecule has 1 aromatic heterocycles. The zero-order chi connectivity index (χ0) is 15.6. The first-order valence-electron chi connectivity index (χ1n) is 8.11. The van der Waals surface area contributed by atoms with Crippen LogP contribution in [0.5, 0.6) is 0 Å². The van der Waals surface area contributed by atoms with Gasteiger partial charge in [-0.1, -0.05) is 6.92 Å². The fourth-order valence-electron chi connectivity index (χ4n) is 3.71. The Morgan fingerprint density at radius 2 is 2.27 bits per heavy atom. The Hall–Kier alpha value is -1.63. The number of ether oxygens (including phenoxy) is 1. The van der Waals surface area contributed by atoms with Crippen molar-refractivity contribution in [3.8, 4) is 0 Å². The molecule has 122 valence electrons. The number of aryl methyl sites for hydroxylation is 1. The van der Waals surface area contributed by atoms with Gasteiger partial charge in [0.05, 0.1) is 0 Å². The molecule has 3 heterocycles. The number of rotatable bonds is 3. The van der Waals surface area contributed by atoms with Gasteiger partial charge in [0.2, 0.25) is 0 Å². The summed E-state index contributed by atoms with van der Waals surface area (Å²) in [6.07, 6.45) is 4.64. The minimum Gasteiger partial charge on any atom is -0.381 e. The summed E-state index contributed by atoms with van der Waals surface area (Å²) in [6.45, 7) is 5.80. The summed E-state index contributed by atoms with van der Waals surface area (Å²) in [5.74, 6) is 1.21. The number of urea groups is 1. The number of likely N-dealkylation sites (tertiary alicyclic amines) is 1. The first-order chi connectivity index (χ1) is 10.7. The van der Waals surface area contributed by atoms with Crippen molar-refractivity contribution in [1.82, 2.24) is 25.0 Å². The van der Waals surface area contributed by atoms with Gasteiger partial charge >= 0.3 is 6.03 Å². The van der Waals surface area contributed by atoms with E-state index in [0.29, 0.717) is 6.54 Å². The molecule has 2 amide bonds. The number of carbonyl (C=O) groups excluding carboxylic acids is 1. The molecule has 3 rings (SSSR count). The van der Waals surface area contributed by atoms with E-state index >= 15 is 0 Å². The smallest absolute Gasteiger partial charge is 0.317 e. The minimum atomic E-state index is 0.0392. The SMILES string of the molecule is CCCNC(=O)N1CC(c2nncn2C)C2(CCOCC2)C1. The van der Waals surface area contributed by atoms with E-state index in [9.17, 15) is 4.79 Å². The number of hydrogen-bond acceptors (Lipinski definition) is 4. The van der Waals surface area contributed by atoms with Crippen LogP contribution in [0.25, 0.3) is 0 Å². The molecule has 0 bridgehead atoms. The van der Waals surface area contributed by atoms with E-state index in [1.54, 1.807) is 6.33 Å². The van der Waals surface area contributed by atoms with Gasteiger partial charge in [-0.25, -0.2) is 4.79 Å². The van der Waals surface area contributed by atoms with Crippen LogP contribution in [-0.2, 0) is 11.8 Å². The van der Waals surface area contributed by atoms with E-state index in [4.69, 9.17) is 4.74 Å². The second-order valence-electron chi connectivity index (χ2n) is 6.44. The molecule has 1 spiro atoms. The molecule has 1 atom stereocenters. The maximum atomic E-state index is 12.4. The molecule has 0 radical (unpaired) electrons. The number of carbonyl (C=O) groups is 1. The average molecular weight is 307 g/mol. The van der Waals surface area contributed by atoms with Crippen LogP contribution >= 0.6 is 0 Å². The van der Waals surface area contributed by atoms with Crippen LogP contribution in [0.3, 0.4) is 0 Å².